The van der Waals surface area contributed by atoms with E-state index >= 15 is 0 Å². The smallest absolute Gasteiger partial charge is 0.309 e. The van der Waals surface area contributed by atoms with E-state index in [0.717, 1.165) is 5.56 Å². The Bertz CT molecular complexity index is 592. The molecule has 1 heterocycles. The first-order valence-electron chi connectivity index (χ1n) is 5.62. The molecule has 19 heavy (non-hydrogen) atoms. The topological polar surface area (TPSA) is 84.4 Å². The van der Waals surface area contributed by atoms with E-state index in [1.165, 1.54) is 0 Å². The number of nitrogens with zero attached hydrogens (tertiary/aromatic N) is 1. The van der Waals surface area contributed by atoms with Gasteiger partial charge >= 0.3 is 5.97 Å². The van der Waals surface area contributed by atoms with Crippen LogP contribution in [0.4, 0.5) is 0 Å². The molecule has 2 rings (SSSR count). The number of hydrogen-bond acceptors (Lipinski definition) is 4. The lowest BCUT2D eigenvalue weighted by atomic mass is 10.0. The Balaban J connectivity index is 2.46. The third-order valence-corrected chi connectivity index (χ3v) is 2.75. The molecule has 2 N–H and O–H groups in total. The fourth-order valence-corrected chi connectivity index (χ4v) is 1.85. The highest BCUT2D eigenvalue weighted by molar-refractivity contribution is 5.78. The van der Waals surface area contributed by atoms with Gasteiger partial charge in [-0.05, 0) is 12.1 Å². The molecule has 0 aliphatic carbocycles. The Morgan fingerprint density at radius 2 is 2.11 bits per heavy atom. The van der Waals surface area contributed by atoms with Gasteiger partial charge in [-0.25, -0.2) is 0 Å². The number of nitrogens with one attached hydrogen (secondary N) is 1. The number of H-pyrrole nitrogens is 1. The monoisotopic (exact) mass is 262 g/mol. The molecule has 0 saturated carbocycles. The summed E-state index contributed by atoms with van der Waals surface area (Å²) in [6, 6.07) is 5.34. The number of methoxy groups -OCH3 is 2. The minimum absolute atomic E-state index is 0.121. The molecular weight excluding hydrogens is 248 g/mol. The van der Waals surface area contributed by atoms with Crippen LogP contribution in [0.25, 0.3) is 11.1 Å². The summed E-state index contributed by atoms with van der Waals surface area (Å²) in [5.41, 5.74) is 2.02. The minimum Gasteiger partial charge on any atom is -0.497 e. The molecule has 0 bridgehead atoms. The average Bonchev–Trinajstić information content (AvgIpc) is 2.85. The summed E-state index contributed by atoms with van der Waals surface area (Å²) in [6.45, 7) is 0. The van der Waals surface area contributed by atoms with Gasteiger partial charge in [0.25, 0.3) is 0 Å². The zero-order valence-corrected chi connectivity index (χ0v) is 10.6. The second-order valence-corrected chi connectivity index (χ2v) is 3.90. The van der Waals surface area contributed by atoms with Gasteiger partial charge < -0.3 is 14.6 Å². The first kappa shape index (κ1) is 12.9. The second-order valence-electron chi connectivity index (χ2n) is 3.90. The molecule has 0 aliphatic heterocycles. The molecule has 0 saturated heterocycles. The normalized spacial score (nSPS) is 10.2. The largest absolute Gasteiger partial charge is 0.497 e. The maximum atomic E-state index is 10.8. The number of carbonyl (C=O) groups is 1. The van der Waals surface area contributed by atoms with Crippen LogP contribution in [0, 0.1) is 0 Å². The lowest BCUT2D eigenvalue weighted by Gasteiger charge is -2.10. The molecule has 2 aromatic rings. The SMILES string of the molecule is COc1ccc(-c2cn[nH]c2CC(=O)O)c(OC)c1. The van der Waals surface area contributed by atoms with Crippen molar-refractivity contribution >= 4 is 5.97 Å². The van der Waals surface area contributed by atoms with Gasteiger partial charge in [-0.15, -0.1) is 0 Å². The summed E-state index contributed by atoms with van der Waals surface area (Å²) >= 11 is 0. The Labute approximate surface area is 110 Å². The number of hydrogen-bond donors (Lipinski definition) is 2. The summed E-state index contributed by atoms with van der Waals surface area (Å²) in [7, 11) is 3.12. The van der Waals surface area contributed by atoms with Gasteiger partial charge in [0.15, 0.2) is 0 Å². The van der Waals surface area contributed by atoms with Gasteiger partial charge in [0.05, 0.1) is 32.5 Å². The standard InChI is InChI=1S/C13H14N2O4/c1-18-8-3-4-9(12(5-8)19-2)10-7-14-15-11(10)6-13(16)17/h3-5,7H,6H2,1-2H3,(H,14,15)(H,16,17). The van der Waals surface area contributed by atoms with Crippen LogP contribution < -0.4 is 9.47 Å². The predicted octanol–water partition coefficient (Wildman–Crippen LogP) is 1.72. The van der Waals surface area contributed by atoms with E-state index in [0.29, 0.717) is 22.8 Å². The van der Waals surface area contributed by atoms with Crippen molar-refractivity contribution in [2.24, 2.45) is 0 Å². The summed E-state index contributed by atoms with van der Waals surface area (Å²) in [5, 5.41) is 15.5. The zero-order chi connectivity index (χ0) is 13.8. The van der Waals surface area contributed by atoms with E-state index in [4.69, 9.17) is 14.6 Å². The van der Waals surface area contributed by atoms with Gasteiger partial charge in [0.2, 0.25) is 0 Å². The number of benzene rings is 1. The molecule has 0 amide bonds. The third-order valence-electron chi connectivity index (χ3n) is 2.75. The van der Waals surface area contributed by atoms with Crippen LogP contribution in [0.2, 0.25) is 0 Å². The Morgan fingerprint density at radius 1 is 1.32 bits per heavy atom. The quantitative estimate of drug-likeness (QED) is 0.857. The van der Waals surface area contributed by atoms with E-state index in [1.54, 1.807) is 32.5 Å². The minimum atomic E-state index is -0.919. The summed E-state index contributed by atoms with van der Waals surface area (Å²) in [4.78, 5) is 10.8. The molecule has 0 atom stereocenters. The van der Waals surface area contributed by atoms with Gasteiger partial charge in [-0.2, -0.15) is 5.10 Å². The average molecular weight is 262 g/mol. The lowest BCUT2D eigenvalue weighted by molar-refractivity contribution is -0.136. The van der Waals surface area contributed by atoms with Crippen molar-refractivity contribution in [3.05, 3.63) is 30.1 Å². The summed E-state index contributed by atoms with van der Waals surface area (Å²) < 4.78 is 10.4. The van der Waals surface area contributed by atoms with Gasteiger partial charge in [0.1, 0.15) is 11.5 Å². The predicted molar refractivity (Wildman–Crippen MR) is 68.5 cm³/mol. The van der Waals surface area contributed by atoms with Crippen molar-refractivity contribution in [1.82, 2.24) is 10.2 Å². The first-order chi connectivity index (χ1) is 9.15. The van der Waals surface area contributed by atoms with Crippen molar-refractivity contribution in [2.75, 3.05) is 14.2 Å². The molecule has 6 nitrogen and oxygen atoms in total. The van der Waals surface area contributed by atoms with E-state index in [9.17, 15) is 4.79 Å². The maximum Gasteiger partial charge on any atom is 0.309 e. The van der Waals surface area contributed by atoms with Crippen molar-refractivity contribution < 1.29 is 19.4 Å². The van der Waals surface area contributed by atoms with E-state index in [-0.39, 0.29) is 6.42 Å². The van der Waals surface area contributed by atoms with Crippen molar-refractivity contribution in [3.63, 3.8) is 0 Å². The fourth-order valence-electron chi connectivity index (χ4n) is 1.85. The number of carboxylic acids is 1. The number of rotatable bonds is 5. The molecule has 0 spiro atoms. The molecule has 0 radical (unpaired) electrons. The number of carboxylic acid groups (broad SMARTS) is 1. The van der Waals surface area contributed by atoms with Crippen LogP contribution in [-0.4, -0.2) is 35.5 Å². The molecular formula is C13H14N2O4. The maximum absolute atomic E-state index is 10.8. The summed E-state index contributed by atoms with van der Waals surface area (Å²) in [6.07, 6.45) is 1.47. The fraction of sp³-hybridized carbons (Fsp3) is 0.231. The number of ether oxygens (including phenoxy) is 2. The van der Waals surface area contributed by atoms with Crippen LogP contribution in [0.5, 0.6) is 11.5 Å². The molecule has 1 aromatic heterocycles. The number of aromatic nitrogens is 2. The Hall–Kier alpha value is -2.50. The van der Waals surface area contributed by atoms with Crippen LogP contribution in [0.3, 0.4) is 0 Å². The molecule has 0 aliphatic rings. The Kier molecular flexibility index (Phi) is 3.70. The number of aliphatic carboxylic acids is 1. The molecule has 0 fully saturated rings. The van der Waals surface area contributed by atoms with Gasteiger partial charge in [0, 0.05) is 17.2 Å². The summed E-state index contributed by atoms with van der Waals surface area (Å²) in [5.74, 6) is 0.356. The number of aromatic amines is 1. The van der Waals surface area contributed by atoms with Crippen LogP contribution in [0.1, 0.15) is 5.69 Å². The molecule has 100 valence electrons. The van der Waals surface area contributed by atoms with Gasteiger partial charge in [-0.3, -0.25) is 9.89 Å². The van der Waals surface area contributed by atoms with E-state index < -0.39 is 5.97 Å². The molecule has 1 aromatic carbocycles. The zero-order valence-electron chi connectivity index (χ0n) is 10.6. The highest BCUT2D eigenvalue weighted by Crippen LogP contribution is 2.34. The van der Waals surface area contributed by atoms with Crippen LogP contribution >= 0.6 is 0 Å². The van der Waals surface area contributed by atoms with Crippen molar-refractivity contribution in [1.29, 1.82) is 0 Å². The van der Waals surface area contributed by atoms with E-state index in [2.05, 4.69) is 10.2 Å². The lowest BCUT2D eigenvalue weighted by Crippen LogP contribution is -2.02. The van der Waals surface area contributed by atoms with E-state index in [1.807, 2.05) is 6.07 Å². The first-order valence-corrected chi connectivity index (χ1v) is 5.62. The van der Waals surface area contributed by atoms with Gasteiger partial charge in [-0.1, -0.05) is 0 Å². The highest BCUT2D eigenvalue weighted by Gasteiger charge is 2.15. The van der Waals surface area contributed by atoms with Crippen LogP contribution in [0.15, 0.2) is 24.4 Å². The highest BCUT2D eigenvalue weighted by atomic mass is 16.5. The molecule has 6 heteroatoms. The second kappa shape index (κ2) is 5.43. The van der Waals surface area contributed by atoms with Crippen molar-refractivity contribution in [3.8, 4) is 22.6 Å². The molecule has 0 unspecified atom stereocenters. The van der Waals surface area contributed by atoms with Crippen molar-refractivity contribution in [2.45, 2.75) is 6.42 Å². The third kappa shape index (κ3) is 2.67. The van der Waals surface area contributed by atoms with Crippen LogP contribution in [-0.2, 0) is 11.2 Å². The Morgan fingerprint density at radius 3 is 2.74 bits per heavy atom.